The minimum absolute atomic E-state index is 0.0247. The van der Waals surface area contributed by atoms with Gasteiger partial charge in [-0.3, -0.25) is 4.79 Å². The zero-order valence-electron chi connectivity index (χ0n) is 12.4. The van der Waals surface area contributed by atoms with Crippen LogP contribution in [-0.4, -0.2) is 35.7 Å². The van der Waals surface area contributed by atoms with Crippen molar-refractivity contribution in [1.82, 2.24) is 5.32 Å². The van der Waals surface area contributed by atoms with E-state index in [1.165, 1.54) is 0 Å². The van der Waals surface area contributed by atoms with Gasteiger partial charge in [-0.25, -0.2) is 4.79 Å². The van der Waals surface area contributed by atoms with Gasteiger partial charge in [0.25, 0.3) is 0 Å². The highest BCUT2D eigenvalue weighted by Crippen LogP contribution is 2.20. The molecule has 0 aliphatic rings. The zero-order chi connectivity index (χ0) is 16.7. The van der Waals surface area contributed by atoms with Crippen LogP contribution in [0.2, 0.25) is 10.0 Å². The van der Waals surface area contributed by atoms with Gasteiger partial charge in [-0.2, -0.15) is 0 Å². The fourth-order valence-electron chi connectivity index (χ4n) is 1.82. The average molecular weight is 348 g/mol. The maximum Gasteiger partial charge on any atom is 0.326 e. The van der Waals surface area contributed by atoms with E-state index < -0.39 is 12.0 Å². The first kappa shape index (κ1) is 18.7. The van der Waals surface area contributed by atoms with Crippen LogP contribution < -0.4 is 5.32 Å². The number of benzene rings is 1. The quantitative estimate of drug-likeness (QED) is 0.757. The number of aliphatic carboxylic acids is 1. The normalized spacial score (nSPS) is 12.2. The highest BCUT2D eigenvalue weighted by atomic mass is 35.5. The molecular weight excluding hydrogens is 329 g/mol. The number of carbonyl (C=O) groups is 2. The topological polar surface area (TPSA) is 75.6 Å². The Labute approximate surface area is 139 Å². The molecule has 0 saturated heterocycles. The molecule has 0 fully saturated rings. The van der Waals surface area contributed by atoms with E-state index in [4.69, 9.17) is 27.9 Å². The summed E-state index contributed by atoms with van der Waals surface area (Å²) < 4.78 is 5.26. The van der Waals surface area contributed by atoms with Crippen LogP contribution in [0.15, 0.2) is 18.2 Å². The van der Waals surface area contributed by atoms with E-state index >= 15 is 0 Å². The largest absolute Gasteiger partial charge is 0.480 e. The Kier molecular flexibility index (Phi) is 7.65. The maximum absolute atomic E-state index is 11.8. The monoisotopic (exact) mass is 347 g/mol. The summed E-state index contributed by atoms with van der Waals surface area (Å²) in [5.74, 6) is -1.49. The molecular formula is C15H19Cl2NO4. The first-order chi connectivity index (χ1) is 10.3. The van der Waals surface area contributed by atoms with E-state index in [1.807, 2.05) is 13.8 Å². The van der Waals surface area contributed by atoms with Crippen molar-refractivity contribution in [1.29, 1.82) is 0 Å². The lowest BCUT2D eigenvalue weighted by Gasteiger charge is -2.15. The van der Waals surface area contributed by atoms with Crippen molar-refractivity contribution in [2.45, 2.75) is 38.8 Å². The molecule has 0 aliphatic heterocycles. The Morgan fingerprint density at radius 2 is 1.82 bits per heavy atom. The molecule has 0 saturated carbocycles. The molecule has 0 heterocycles. The van der Waals surface area contributed by atoms with Crippen LogP contribution >= 0.6 is 23.2 Å². The molecule has 1 rings (SSSR count). The number of rotatable bonds is 8. The Balaban J connectivity index is 2.62. The van der Waals surface area contributed by atoms with Gasteiger partial charge < -0.3 is 15.2 Å². The summed E-state index contributed by atoms with van der Waals surface area (Å²) >= 11 is 11.8. The van der Waals surface area contributed by atoms with Gasteiger partial charge in [0.05, 0.1) is 12.7 Å². The molecule has 7 heteroatoms. The lowest BCUT2D eigenvalue weighted by molar-refractivity contribution is -0.142. The molecule has 0 spiro atoms. The van der Waals surface area contributed by atoms with E-state index in [9.17, 15) is 14.7 Å². The second-order valence-electron chi connectivity index (χ2n) is 5.11. The van der Waals surface area contributed by atoms with Crippen LogP contribution in [0.1, 0.15) is 25.8 Å². The zero-order valence-corrected chi connectivity index (χ0v) is 13.9. The molecule has 1 unspecified atom stereocenters. The molecule has 122 valence electrons. The number of halogens is 2. The molecule has 0 aliphatic carbocycles. The van der Waals surface area contributed by atoms with Crippen molar-refractivity contribution in [3.05, 3.63) is 33.8 Å². The standard InChI is InChI=1S/C15H19Cl2NO4/c1-9(2)22-4-3-14(19)18-13(15(20)21)7-10-5-11(16)8-12(17)6-10/h5-6,8-9,13H,3-4,7H2,1-2H3,(H,18,19)(H,20,21). The summed E-state index contributed by atoms with van der Waals surface area (Å²) in [6.07, 6.45) is 0.238. The fourth-order valence-corrected chi connectivity index (χ4v) is 2.39. The number of hydrogen-bond donors (Lipinski definition) is 2. The number of carboxylic acid groups (broad SMARTS) is 1. The second kappa shape index (κ2) is 8.98. The second-order valence-corrected chi connectivity index (χ2v) is 5.98. The number of carboxylic acids is 1. The summed E-state index contributed by atoms with van der Waals surface area (Å²) in [6.45, 7) is 3.97. The van der Waals surface area contributed by atoms with E-state index in [0.29, 0.717) is 15.6 Å². The van der Waals surface area contributed by atoms with Gasteiger partial charge in [-0.1, -0.05) is 23.2 Å². The third kappa shape index (κ3) is 7.11. The summed E-state index contributed by atoms with van der Waals surface area (Å²) in [7, 11) is 0. The first-order valence-electron chi connectivity index (χ1n) is 6.86. The summed E-state index contributed by atoms with van der Waals surface area (Å²) in [5, 5.41) is 12.5. The fraction of sp³-hybridized carbons (Fsp3) is 0.467. The molecule has 0 aromatic heterocycles. The molecule has 1 atom stereocenters. The van der Waals surface area contributed by atoms with E-state index in [-0.39, 0.29) is 31.5 Å². The van der Waals surface area contributed by atoms with Crippen molar-refractivity contribution in [3.63, 3.8) is 0 Å². The Morgan fingerprint density at radius 1 is 1.23 bits per heavy atom. The van der Waals surface area contributed by atoms with Crippen LogP contribution in [0.4, 0.5) is 0 Å². The number of hydrogen-bond acceptors (Lipinski definition) is 3. The summed E-state index contributed by atoms with van der Waals surface area (Å²) in [4.78, 5) is 23.0. The van der Waals surface area contributed by atoms with Crippen LogP contribution in [0, 0.1) is 0 Å². The minimum atomic E-state index is -1.12. The Hall–Kier alpha value is -1.30. The highest BCUT2D eigenvalue weighted by molar-refractivity contribution is 6.34. The van der Waals surface area contributed by atoms with E-state index in [0.717, 1.165) is 0 Å². The van der Waals surface area contributed by atoms with Crippen molar-refractivity contribution in [2.75, 3.05) is 6.61 Å². The third-order valence-corrected chi connectivity index (χ3v) is 3.21. The Morgan fingerprint density at radius 3 is 2.32 bits per heavy atom. The highest BCUT2D eigenvalue weighted by Gasteiger charge is 2.20. The molecule has 2 N–H and O–H groups in total. The lowest BCUT2D eigenvalue weighted by atomic mass is 10.1. The predicted octanol–water partition coefficient (Wildman–Crippen LogP) is 2.92. The minimum Gasteiger partial charge on any atom is -0.480 e. The molecule has 5 nitrogen and oxygen atoms in total. The van der Waals surface area contributed by atoms with Crippen LogP contribution in [0.3, 0.4) is 0 Å². The van der Waals surface area contributed by atoms with Gasteiger partial charge in [0.15, 0.2) is 0 Å². The van der Waals surface area contributed by atoms with Crippen molar-refractivity contribution >= 4 is 35.1 Å². The van der Waals surface area contributed by atoms with Crippen LogP contribution in [-0.2, 0) is 20.7 Å². The van der Waals surface area contributed by atoms with Crippen molar-refractivity contribution < 1.29 is 19.4 Å². The van der Waals surface area contributed by atoms with Crippen molar-refractivity contribution in [3.8, 4) is 0 Å². The number of ether oxygens (including phenoxy) is 1. The number of nitrogens with one attached hydrogen (secondary N) is 1. The molecule has 0 radical (unpaired) electrons. The summed E-state index contributed by atoms with van der Waals surface area (Å²) in [5.41, 5.74) is 0.642. The lowest BCUT2D eigenvalue weighted by Crippen LogP contribution is -2.42. The van der Waals surface area contributed by atoms with Gasteiger partial charge in [0.1, 0.15) is 6.04 Å². The van der Waals surface area contributed by atoms with Gasteiger partial charge in [-0.15, -0.1) is 0 Å². The first-order valence-corrected chi connectivity index (χ1v) is 7.62. The predicted molar refractivity (Wildman–Crippen MR) is 85.4 cm³/mol. The molecule has 22 heavy (non-hydrogen) atoms. The summed E-state index contributed by atoms with van der Waals surface area (Å²) in [6, 6.07) is 3.76. The maximum atomic E-state index is 11.8. The van der Waals surface area contributed by atoms with Gasteiger partial charge in [0.2, 0.25) is 5.91 Å². The van der Waals surface area contributed by atoms with Gasteiger partial charge in [0, 0.05) is 22.9 Å². The van der Waals surface area contributed by atoms with E-state index in [1.54, 1.807) is 18.2 Å². The number of carbonyl (C=O) groups excluding carboxylic acids is 1. The molecule has 0 bridgehead atoms. The van der Waals surface area contributed by atoms with Crippen LogP contribution in [0.5, 0.6) is 0 Å². The van der Waals surface area contributed by atoms with Gasteiger partial charge in [-0.05, 0) is 37.6 Å². The smallest absolute Gasteiger partial charge is 0.326 e. The average Bonchev–Trinajstić information content (AvgIpc) is 2.36. The molecule has 1 aromatic carbocycles. The molecule has 1 amide bonds. The third-order valence-electron chi connectivity index (χ3n) is 2.78. The van der Waals surface area contributed by atoms with Gasteiger partial charge >= 0.3 is 5.97 Å². The van der Waals surface area contributed by atoms with E-state index in [2.05, 4.69) is 5.32 Å². The van der Waals surface area contributed by atoms with Crippen molar-refractivity contribution in [2.24, 2.45) is 0 Å². The number of amides is 1. The molecule has 1 aromatic rings. The SMILES string of the molecule is CC(C)OCCC(=O)NC(Cc1cc(Cl)cc(Cl)c1)C(=O)O. The Bertz CT molecular complexity index is 514. The van der Waals surface area contributed by atoms with Crippen LogP contribution in [0.25, 0.3) is 0 Å².